The van der Waals surface area contributed by atoms with E-state index < -0.39 is 16.1 Å². The fourth-order valence-corrected chi connectivity index (χ4v) is 2.59. The Morgan fingerprint density at radius 2 is 1.84 bits per heavy atom. The molecule has 2 aromatic carbocycles. The van der Waals surface area contributed by atoms with E-state index in [1.165, 1.54) is 12.1 Å². The molecule has 3 rings (SSSR count). The summed E-state index contributed by atoms with van der Waals surface area (Å²) in [4.78, 5) is 14.0. The highest BCUT2D eigenvalue weighted by atomic mass is 32.2. The molecule has 0 atom stereocenters. The molecular weight excluding hydrogens is 346 g/mol. The van der Waals surface area contributed by atoms with E-state index in [0.717, 1.165) is 11.6 Å². The van der Waals surface area contributed by atoms with E-state index in [9.17, 15) is 13.2 Å². The molecule has 0 aliphatic rings. The average Bonchev–Trinajstić information content (AvgIpc) is 2.94. The molecule has 0 saturated heterocycles. The molecule has 25 heavy (non-hydrogen) atoms. The van der Waals surface area contributed by atoms with Crippen molar-refractivity contribution >= 4 is 27.0 Å². The third kappa shape index (κ3) is 4.37. The van der Waals surface area contributed by atoms with Gasteiger partial charge < -0.3 is 14.8 Å². The molecule has 0 aliphatic carbocycles. The van der Waals surface area contributed by atoms with Gasteiger partial charge in [0.25, 0.3) is 10.1 Å². The van der Waals surface area contributed by atoms with E-state index in [4.69, 9.17) is 14.0 Å². The summed E-state index contributed by atoms with van der Waals surface area (Å²) in [6.45, 7) is -0.0382. The molecule has 0 fully saturated rings. The number of nitrogens with one attached hydrogen (secondary N) is 1. The second-order valence-electron chi connectivity index (χ2n) is 5.45. The van der Waals surface area contributed by atoms with Crippen LogP contribution in [0.15, 0.2) is 48.5 Å². The lowest BCUT2D eigenvalue weighted by Gasteiger charge is -2.05. The topological polar surface area (TPSA) is 106 Å². The van der Waals surface area contributed by atoms with Crippen LogP contribution < -0.4 is 4.74 Å². The molecule has 0 radical (unpaired) electrons. The molecule has 0 bridgehead atoms. The van der Waals surface area contributed by atoms with E-state index in [1.807, 2.05) is 0 Å². The Labute approximate surface area is 143 Å². The zero-order valence-corrected chi connectivity index (χ0v) is 14.0. The molecule has 1 heterocycles. The first-order valence-electron chi connectivity index (χ1n) is 7.27. The number of benzene rings is 2. The predicted molar refractivity (Wildman–Crippen MR) is 91.4 cm³/mol. The summed E-state index contributed by atoms with van der Waals surface area (Å²) in [7, 11) is -3.48. The molecule has 0 unspecified atom stereocenters. The Kier molecular flexibility index (Phi) is 4.47. The molecule has 0 amide bonds. The monoisotopic (exact) mass is 361 g/mol. The van der Waals surface area contributed by atoms with Crippen LogP contribution in [0, 0.1) is 0 Å². The number of aromatic nitrogens is 1. The van der Waals surface area contributed by atoms with Gasteiger partial charge in [-0.1, -0.05) is 18.2 Å². The molecule has 7 nitrogen and oxygen atoms in total. The van der Waals surface area contributed by atoms with Crippen LogP contribution in [-0.4, -0.2) is 30.7 Å². The van der Waals surface area contributed by atoms with Crippen molar-refractivity contribution in [1.29, 1.82) is 0 Å². The van der Waals surface area contributed by atoms with Crippen molar-refractivity contribution in [2.24, 2.45) is 0 Å². The molecule has 130 valence electrons. The van der Waals surface area contributed by atoms with Crippen LogP contribution in [0.2, 0.25) is 0 Å². The minimum atomic E-state index is -3.48. The number of carboxylic acid groups (broad SMARTS) is 1. The summed E-state index contributed by atoms with van der Waals surface area (Å²) in [6.07, 6.45) is 0.996. The number of hydrogen-bond donors (Lipinski definition) is 2. The van der Waals surface area contributed by atoms with E-state index in [2.05, 4.69) is 4.98 Å². The fourth-order valence-electron chi connectivity index (χ4n) is 2.24. The third-order valence-electron chi connectivity index (χ3n) is 3.44. The largest absolute Gasteiger partial charge is 0.478 e. The summed E-state index contributed by atoms with van der Waals surface area (Å²) < 4.78 is 32.4. The molecule has 2 N–H and O–H groups in total. The van der Waals surface area contributed by atoms with Gasteiger partial charge in [-0.05, 0) is 29.8 Å². The summed E-state index contributed by atoms with van der Waals surface area (Å²) in [6, 6.07) is 13.3. The summed E-state index contributed by atoms with van der Waals surface area (Å²) in [5.74, 6) is 0.0247. The van der Waals surface area contributed by atoms with Gasteiger partial charge in [0.2, 0.25) is 0 Å². The fraction of sp³-hybridized carbons (Fsp3) is 0.118. The van der Waals surface area contributed by atoms with Gasteiger partial charge in [-0.25, -0.2) is 4.79 Å². The normalized spacial score (nSPS) is 11.6. The quantitative estimate of drug-likeness (QED) is 0.654. The van der Waals surface area contributed by atoms with Gasteiger partial charge in [0.1, 0.15) is 5.75 Å². The highest BCUT2D eigenvalue weighted by molar-refractivity contribution is 7.85. The highest BCUT2D eigenvalue weighted by Gasteiger charge is 2.08. The smallest absolute Gasteiger partial charge is 0.335 e. The van der Waals surface area contributed by atoms with Crippen molar-refractivity contribution in [2.45, 2.75) is 6.61 Å². The zero-order chi connectivity index (χ0) is 18.0. The van der Waals surface area contributed by atoms with Crippen LogP contribution in [0.1, 0.15) is 15.9 Å². The van der Waals surface area contributed by atoms with Gasteiger partial charge in [-0.2, -0.15) is 8.42 Å². The van der Waals surface area contributed by atoms with Gasteiger partial charge in [-0.3, -0.25) is 4.18 Å². The molecule has 1 aromatic heterocycles. The lowest BCUT2D eigenvalue weighted by Crippen LogP contribution is -2.02. The second-order valence-corrected chi connectivity index (χ2v) is 7.10. The minimum absolute atomic E-state index is 0.0382. The first-order chi connectivity index (χ1) is 11.8. The van der Waals surface area contributed by atoms with Crippen LogP contribution >= 0.6 is 0 Å². The van der Waals surface area contributed by atoms with Gasteiger partial charge >= 0.3 is 5.97 Å². The van der Waals surface area contributed by atoms with Crippen molar-refractivity contribution in [3.8, 4) is 11.6 Å². The van der Waals surface area contributed by atoms with E-state index in [1.54, 1.807) is 36.4 Å². The van der Waals surface area contributed by atoms with Crippen LogP contribution in [0.25, 0.3) is 10.9 Å². The van der Waals surface area contributed by atoms with Crippen molar-refractivity contribution < 1.29 is 27.2 Å². The van der Waals surface area contributed by atoms with E-state index in [0.29, 0.717) is 22.7 Å². The lowest BCUT2D eigenvalue weighted by molar-refractivity contribution is 0.0697. The van der Waals surface area contributed by atoms with Crippen molar-refractivity contribution in [3.05, 3.63) is 59.7 Å². The molecule has 0 aliphatic heterocycles. The van der Waals surface area contributed by atoms with E-state index in [-0.39, 0.29) is 12.2 Å². The van der Waals surface area contributed by atoms with Crippen LogP contribution in [-0.2, 0) is 20.9 Å². The number of aromatic amines is 1. The third-order valence-corrected chi connectivity index (χ3v) is 3.98. The first-order valence-corrected chi connectivity index (χ1v) is 9.09. The second kappa shape index (κ2) is 6.58. The van der Waals surface area contributed by atoms with Gasteiger partial charge in [0.05, 0.1) is 18.4 Å². The molecule has 0 spiro atoms. The van der Waals surface area contributed by atoms with Gasteiger partial charge in [0.15, 0.2) is 5.88 Å². The number of ether oxygens (including phenoxy) is 1. The number of carboxylic acids is 1. The zero-order valence-electron chi connectivity index (χ0n) is 13.2. The number of H-pyrrole nitrogens is 1. The summed E-state index contributed by atoms with van der Waals surface area (Å²) in [5, 5.41) is 9.84. The summed E-state index contributed by atoms with van der Waals surface area (Å²) >= 11 is 0. The van der Waals surface area contributed by atoms with Crippen molar-refractivity contribution in [3.63, 3.8) is 0 Å². The average molecular weight is 361 g/mol. The minimum Gasteiger partial charge on any atom is -0.478 e. The van der Waals surface area contributed by atoms with E-state index >= 15 is 0 Å². The maximum atomic E-state index is 11.0. The SMILES string of the molecule is CS(=O)(=O)OCc1ccc(Oc2cc3ccc(C(=O)O)cc3[nH]2)cc1. The van der Waals surface area contributed by atoms with Crippen molar-refractivity contribution in [2.75, 3.05) is 6.26 Å². The summed E-state index contributed by atoms with van der Waals surface area (Å²) in [5.41, 5.74) is 1.55. The first kappa shape index (κ1) is 17.0. The standard InChI is InChI=1S/C17H15NO6S/c1-25(21,22)23-10-11-2-6-14(7-3-11)24-16-9-12-4-5-13(17(19)20)8-15(12)18-16/h2-9,18H,10H2,1H3,(H,19,20). The number of fused-ring (bicyclic) bond motifs is 1. The maximum Gasteiger partial charge on any atom is 0.335 e. The Balaban J connectivity index is 1.73. The van der Waals surface area contributed by atoms with Crippen LogP contribution in [0.3, 0.4) is 0 Å². The number of aromatic carboxylic acids is 1. The maximum absolute atomic E-state index is 11.0. The molecule has 0 saturated carbocycles. The van der Waals surface area contributed by atoms with Crippen LogP contribution in [0.4, 0.5) is 0 Å². The highest BCUT2D eigenvalue weighted by Crippen LogP contribution is 2.26. The number of rotatable bonds is 6. The van der Waals surface area contributed by atoms with Gasteiger partial charge in [0, 0.05) is 17.0 Å². The number of hydrogen-bond acceptors (Lipinski definition) is 5. The van der Waals surface area contributed by atoms with Gasteiger partial charge in [-0.15, -0.1) is 0 Å². The predicted octanol–water partition coefficient (Wildman–Crippen LogP) is 3.13. The van der Waals surface area contributed by atoms with Crippen molar-refractivity contribution in [1.82, 2.24) is 4.98 Å². The Hall–Kier alpha value is -2.84. The Morgan fingerprint density at radius 3 is 2.48 bits per heavy atom. The Bertz CT molecular complexity index is 1020. The Morgan fingerprint density at radius 1 is 1.12 bits per heavy atom. The molecule has 3 aromatic rings. The lowest BCUT2D eigenvalue weighted by atomic mass is 10.2. The molecular formula is C17H15NO6S. The molecule has 8 heteroatoms. The van der Waals surface area contributed by atoms with Crippen LogP contribution in [0.5, 0.6) is 11.6 Å². The number of carbonyl (C=O) groups is 1.